The number of benzene rings is 7. The van der Waals surface area contributed by atoms with Crippen LogP contribution in [0.5, 0.6) is 0 Å². The van der Waals surface area contributed by atoms with Crippen molar-refractivity contribution in [2.24, 2.45) is 0 Å². The van der Waals surface area contributed by atoms with Crippen molar-refractivity contribution < 1.29 is 4.42 Å². The van der Waals surface area contributed by atoms with Crippen LogP contribution in [0.25, 0.3) is 100 Å². The summed E-state index contributed by atoms with van der Waals surface area (Å²) in [4.78, 5) is 20.3. The van der Waals surface area contributed by atoms with Crippen LogP contribution in [-0.2, 0) is 0 Å². The Morgan fingerprint density at radius 2 is 0.882 bits per heavy atom. The first-order chi connectivity index (χ1) is 25.3. The first kappa shape index (κ1) is 29.0. The molecule has 5 heteroatoms. The lowest BCUT2D eigenvalue weighted by Crippen LogP contribution is -2.01. The van der Waals surface area contributed by atoms with Crippen molar-refractivity contribution in [2.45, 2.75) is 0 Å². The highest BCUT2D eigenvalue weighted by atomic mass is 16.3. The standard InChI is InChI=1S/C46H28N4O/c1-3-13-29(14-4-1)31-24-25-34(33-18-8-7-17-32(31)33)35-26-27-39(43-36(35)21-12-28-47-43)46-49-44(30-15-5-2-6-16-30)48-45(50-46)38-20-11-23-41-42(38)37-19-9-10-22-40(37)51-41/h1-28H. The lowest BCUT2D eigenvalue weighted by molar-refractivity contribution is 0.669. The Kier molecular flexibility index (Phi) is 6.74. The van der Waals surface area contributed by atoms with Crippen molar-refractivity contribution >= 4 is 43.6 Å². The van der Waals surface area contributed by atoms with Gasteiger partial charge in [-0.05, 0) is 57.3 Å². The molecule has 0 aliphatic rings. The molecule has 0 radical (unpaired) electrons. The molecule has 0 bridgehead atoms. The van der Waals surface area contributed by atoms with E-state index < -0.39 is 0 Å². The molecule has 0 unspecified atom stereocenters. The van der Waals surface area contributed by atoms with Gasteiger partial charge >= 0.3 is 0 Å². The third kappa shape index (κ3) is 4.86. The molecule has 0 saturated carbocycles. The van der Waals surface area contributed by atoms with Crippen LogP contribution in [0.15, 0.2) is 174 Å². The zero-order valence-electron chi connectivity index (χ0n) is 27.4. The number of pyridine rings is 1. The van der Waals surface area contributed by atoms with Gasteiger partial charge in [-0.1, -0.05) is 140 Å². The van der Waals surface area contributed by atoms with Gasteiger partial charge in [-0.2, -0.15) is 0 Å². The molecule has 0 aliphatic heterocycles. The summed E-state index contributed by atoms with van der Waals surface area (Å²) in [6, 6.07) is 56.2. The molecule has 3 heterocycles. The van der Waals surface area contributed by atoms with Gasteiger partial charge in [0.15, 0.2) is 17.5 Å². The molecule has 0 saturated heterocycles. The van der Waals surface area contributed by atoms with Gasteiger partial charge in [-0.15, -0.1) is 0 Å². The maximum absolute atomic E-state index is 6.24. The highest BCUT2D eigenvalue weighted by molar-refractivity contribution is 6.13. The van der Waals surface area contributed by atoms with E-state index >= 15 is 0 Å². The van der Waals surface area contributed by atoms with Gasteiger partial charge in [-0.3, -0.25) is 4.98 Å². The number of para-hydroxylation sites is 1. The first-order valence-corrected chi connectivity index (χ1v) is 17.0. The number of aromatic nitrogens is 4. The first-order valence-electron chi connectivity index (χ1n) is 17.0. The summed E-state index contributed by atoms with van der Waals surface area (Å²) in [5.41, 5.74) is 9.73. The van der Waals surface area contributed by atoms with E-state index in [0.717, 1.165) is 60.7 Å². The highest BCUT2D eigenvalue weighted by Gasteiger charge is 2.20. The molecule has 0 amide bonds. The van der Waals surface area contributed by atoms with Crippen LogP contribution in [0.1, 0.15) is 0 Å². The average molecular weight is 653 g/mol. The second-order valence-corrected chi connectivity index (χ2v) is 12.6. The average Bonchev–Trinajstić information content (AvgIpc) is 3.60. The molecule has 10 rings (SSSR count). The molecular formula is C46H28N4O. The molecule has 238 valence electrons. The molecule has 5 nitrogen and oxygen atoms in total. The number of furan rings is 1. The normalized spacial score (nSPS) is 11.5. The molecule has 0 N–H and O–H groups in total. The summed E-state index contributed by atoms with van der Waals surface area (Å²) in [6.45, 7) is 0. The van der Waals surface area contributed by atoms with Gasteiger partial charge < -0.3 is 4.42 Å². The maximum Gasteiger partial charge on any atom is 0.166 e. The lowest BCUT2D eigenvalue weighted by Gasteiger charge is -2.15. The lowest BCUT2D eigenvalue weighted by atomic mass is 9.90. The Labute approximate surface area is 293 Å². The minimum Gasteiger partial charge on any atom is -0.456 e. The second-order valence-electron chi connectivity index (χ2n) is 12.6. The number of fused-ring (bicyclic) bond motifs is 5. The van der Waals surface area contributed by atoms with E-state index in [2.05, 4.69) is 97.1 Å². The molecule has 7 aromatic carbocycles. The van der Waals surface area contributed by atoms with Crippen molar-refractivity contribution in [1.82, 2.24) is 19.9 Å². The number of hydrogen-bond donors (Lipinski definition) is 0. The Morgan fingerprint density at radius 1 is 0.333 bits per heavy atom. The number of nitrogens with zero attached hydrogens (tertiary/aromatic N) is 4. The second kappa shape index (κ2) is 11.9. The fourth-order valence-corrected chi connectivity index (χ4v) is 7.29. The molecule has 0 spiro atoms. The molecule has 0 atom stereocenters. The summed E-state index contributed by atoms with van der Waals surface area (Å²) in [6.07, 6.45) is 1.84. The fourth-order valence-electron chi connectivity index (χ4n) is 7.29. The highest BCUT2D eigenvalue weighted by Crippen LogP contribution is 2.41. The van der Waals surface area contributed by atoms with Crippen molar-refractivity contribution in [3.05, 3.63) is 170 Å². The van der Waals surface area contributed by atoms with Gasteiger partial charge in [0, 0.05) is 39.0 Å². The summed E-state index contributed by atoms with van der Waals surface area (Å²) < 4.78 is 6.24. The van der Waals surface area contributed by atoms with Crippen LogP contribution >= 0.6 is 0 Å². The largest absolute Gasteiger partial charge is 0.456 e. The van der Waals surface area contributed by atoms with Gasteiger partial charge in [0.1, 0.15) is 11.2 Å². The maximum atomic E-state index is 6.24. The van der Waals surface area contributed by atoms with E-state index in [1.165, 1.54) is 21.9 Å². The summed E-state index contributed by atoms with van der Waals surface area (Å²) in [7, 11) is 0. The van der Waals surface area contributed by atoms with Crippen LogP contribution in [0.4, 0.5) is 0 Å². The predicted molar refractivity (Wildman–Crippen MR) is 207 cm³/mol. The zero-order valence-corrected chi connectivity index (χ0v) is 27.4. The Balaban J connectivity index is 1.20. The Morgan fingerprint density at radius 3 is 1.67 bits per heavy atom. The molecule has 0 fully saturated rings. The Hall–Kier alpha value is -6.98. The minimum atomic E-state index is 0.559. The van der Waals surface area contributed by atoms with E-state index in [4.69, 9.17) is 24.4 Å². The topological polar surface area (TPSA) is 64.7 Å². The van der Waals surface area contributed by atoms with Crippen molar-refractivity contribution in [2.75, 3.05) is 0 Å². The van der Waals surface area contributed by atoms with Crippen molar-refractivity contribution in [3.63, 3.8) is 0 Å². The molecule has 51 heavy (non-hydrogen) atoms. The molecular weight excluding hydrogens is 625 g/mol. The molecule has 10 aromatic rings. The van der Waals surface area contributed by atoms with E-state index in [-0.39, 0.29) is 0 Å². The van der Waals surface area contributed by atoms with Crippen LogP contribution in [0.2, 0.25) is 0 Å². The van der Waals surface area contributed by atoms with Gasteiger partial charge in [-0.25, -0.2) is 15.0 Å². The predicted octanol–water partition coefficient (Wildman–Crippen LogP) is 11.8. The smallest absolute Gasteiger partial charge is 0.166 e. The third-order valence-corrected chi connectivity index (χ3v) is 9.62. The molecule has 0 aliphatic carbocycles. The summed E-state index contributed by atoms with van der Waals surface area (Å²) >= 11 is 0. The molecule has 3 aromatic heterocycles. The van der Waals surface area contributed by atoms with E-state index in [1.54, 1.807) is 0 Å². The van der Waals surface area contributed by atoms with Gasteiger partial charge in [0.25, 0.3) is 0 Å². The van der Waals surface area contributed by atoms with E-state index in [0.29, 0.717) is 17.5 Å². The van der Waals surface area contributed by atoms with Gasteiger partial charge in [0.05, 0.1) is 5.52 Å². The van der Waals surface area contributed by atoms with E-state index in [9.17, 15) is 0 Å². The van der Waals surface area contributed by atoms with Crippen LogP contribution in [-0.4, -0.2) is 19.9 Å². The quantitative estimate of drug-likeness (QED) is 0.185. The van der Waals surface area contributed by atoms with Gasteiger partial charge in [0.2, 0.25) is 0 Å². The minimum absolute atomic E-state index is 0.559. The zero-order chi connectivity index (χ0) is 33.7. The fraction of sp³-hybridized carbons (Fsp3) is 0. The van der Waals surface area contributed by atoms with Crippen molar-refractivity contribution in [3.8, 4) is 56.4 Å². The SMILES string of the molecule is c1ccc(-c2nc(-c3ccc(-c4ccc(-c5ccccc5)c5ccccc45)c4cccnc34)nc(-c3cccc4oc5ccccc5c34)n2)cc1. The van der Waals surface area contributed by atoms with Crippen LogP contribution in [0.3, 0.4) is 0 Å². The van der Waals surface area contributed by atoms with Crippen molar-refractivity contribution in [1.29, 1.82) is 0 Å². The Bertz CT molecular complexity index is 2920. The summed E-state index contributed by atoms with van der Waals surface area (Å²) in [5, 5.41) is 5.42. The van der Waals surface area contributed by atoms with Crippen LogP contribution < -0.4 is 0 Å². The van der Waals surface area contributed by atoms with Crippen LogP contribution in [0, 0.1) is 0 Å². The number of hydrogen-bond acceptors (Lipinski definition) is 5. The summed E-state index contributed by atoms with van der Waals surface area (Å²) in [5.74, 6) is 1.73. The monoisotopic (exact) mass is 652 g/mol. The third-order valence-electron chi connectivity index (χ3n) is 9.62. The van der Waals surface area contributed by atoms with E-state index in [1.807, 2.05) is 72.9 Å². The number of rotatable bonds is 5.